The zero-order valence-corrected chi connectivity index (χ0v) is 12.5. The SMILES string of the molecule is CCCC[C@H](N)C(=O)Nc1ccc(C)c(I)c1. The van der Waals surface area contributed by atoms with E-state index in [9.17, 15) is 4.79 Å². The summed E-state index contributed by atoms with van der Waals surface area (Å²) in [5.74, 6) is -0.0990. The average molecular weight is 346 g/mol. The van der Waals surface area contributed by atoms with E-state index in [1.807, 2.05) is 25.1 Å². The second-order valence-electron chi connectivity index (χ2n) is 4.20. The Labute approximate surface area is 116 Å². The van der Waals surface area contributed by atoms with Gasteiger partial charge in [0.05, 0.1) is 6.04 Å². The van der Waals surface area contributed by atoms with Gasteiger partial charge in [0.25, 0.3) is 0 Å². The summed E-state index contributed by atoms with van der Waals surface area (Å²) in [6, 6.07) is 5.45. The number of aryl methyl sites for hydroxylation is 1. The predicted molar refractivity (Wildman–Crippen MR) is 80.0 cm³/mol. The first kappa shape index (κ1) is 14.4. The number of unbranched alkanes of at least 4 members (excludes halogenated alkanes) is 1. The van der Waals surface area contributed by atoms with Crippen molar-refractivity contribution in [3.8, 4) is 0 Å². The molecule has 0 radical (unpaired) electrons. The molecule has 0 bridgehead atoms. The van der Waals surface area contributed by atoms with Crippen molar-refractivity contribution >= 4 is 34.2 Å². The monoisotopic (exact) mass is 346 g/mol. The van der Waals surface area contributed by atoms with E-state index in [2.05, 4.69) is 34.8 Å². The fraction of sp³-hybridized carbons (Fsp3) is 0.462. The Morgan fingerprint density at radius 1 is 1.53 bits per heavy atom. The highest BCUT2D eigenvalue weighted by Gasteiger charge is 2.12. The largest absolute Gasteiger partial charge is 0.325 e. The van der Waals surface area contributed by atoms with Gasteiger partial charge in [0.1, 0.15) is 0 Å². The van der Waals surface area contributed by atoms with Crippen LogP contribution in [0.3, 0.4) is 0 Å². The number of benzene rings is 1. The number of anilines is 1. The molecule has 0 saturated carbocycles. The molecule has 1 aromatic rings. The average Bonchev–Trinajstić information content (AvgIpc) is 2.30. The van der Waals surface area contributed by atoms with Gasteiger partial charge in [-0.25, -0.2) is 0 Å². The van der Waals surface area contributed by atoms with E-state index in [0.29, 0.717) is 0 Å². The third-order valence-corrected chi connectivity index (χ3v) is 3.81. The van der Waals surface area contributed by atoms with E-state index in [1.165, 1.54) is 5.56 Å². The smallest absolute Gasteiger partial charge is 0.241 e. The van der Waals surface area contributed by atoms with Crippen molar-refractivity contribution in [2.45, 2.75) is 39.2 Å². The maximum atomic E-state index is 11.8. The molecule has 0 aliphatic heterocycles. The Morgan fingerprint density at radius 3 is 2.82 bits per heavy atom. The van der Waals surface area contributed by atoms with Gasteiger partial charge in [-0.1, -0.05) is 25.8 Å². The Morgan fingerprint density at radius 2 is 2.24 bits per heavy atom. The quantitative estimate of drug-likeness (QED) is 0.806. The van der Waals surface area contributed by atoms with Gasteiger partial charge in [-0.3, -0.25) is 4.79 Å². The maximum Gasteiger partial charge on any atom is 0.241 e. The van der Waals surface area contributed by atoms with E-state index >= 15 is 0 Å². The molecule has 17 heavy (non-hydrogen) atoms. The minimum Gasteiger partial charge on any atom is -0.325 e. The van der Waals surface area contributed by atoms with E-state index in [-0.39, 0.29) is 5.91 Å². The Bertz CT molecular complexity index is 393. The number of nitrogens with two attached hydrogens (primary N) is 1. The van der Waals surface area contributed by atoms with E-state index in [0.717, 1.165) is 28.5 Å². The van der Waals surface area contributed by atoms with Crippen molar-refractivity contribution in [3.63, 3.8) is 0 Å². The summed E-state index contributed by atoms with van der Waals surface area (Å²) < 4.78 is 1.14. The third-order valence-electron chi connectivity index (χ3n) is 2.64. The predicted octanol–water partition coefficient (Wildman–Crippen LogP) is 3.06. The molecule has 3 nitrogen and oxygen atoms in total. The molecule has 0 aromatic heterocycles. The molecular formula is C13H19IN2O. The van der Waals surface area contributed by atoms with Crippen molar-refractivity contribution in [2.75, 3.05) is 5.32 Å². The number of amides is 1. The summed E-state index contributed by atoms with van der Waals surface area (Å²) >= 11 is 2.25. The van der Waals surface area contributed by atoms with Gasteiger partial charge in [-0.05, 0) is 53.6 Å². The molecule has 0 fully saturated rings. The first-order valence-electron chi connectivity index (χ1n) is 5.87. The van der Waals surface area contributed by atoms with Gasteiger partial charge in [0, 0.05) is 9.26 Å². The van der Waals surface area contributed by atoms with Crippen LogP contribution in [0.4, 0.5) is 5.69 Å². The summed E-state index contributed by atoms with van der Waals surface area (Å²) in [7, 11) is 0. The molecule has 0 aliphatic carbocycles. The first-order valence-corrected chi connectivity index (χ1v) is 6.95. The number of hydrogen-bond donors (Lipinski definition) is 2. The summed E-state index contributed by atoms with van der Waals surface area (Å²) in [5, 5.41) is 2.85. The zero-order valence-electron chi connectivity index (χ0n) is 10.3. The molecule has 1 rings (SSSR count). The lowest BCUT2D eigenvalue weighted by Crippen LogP contribution is -2.35. The van der Waals surface area contributed by atoms with Gasteiger partial charge in [0.2, 0.25) is 5.91 Å². The third kappa shape index (κ3) is 4.63. The Kier molecular flexibility index (Phi) is 5.91. The van der Waals surface area contributed by atoms with Crippen LogP contribution < -0.4 is 11.1 Å². The fourth-order valence-corrected chi connectivity index (χ4v) is 1.98. The minimum absolute atomic E-state index is 0.0990. The molecule has 0 heterocycles. The van der Waals surface area contributed by atoms with E-state index < -0.39 is 6.04 Å². The molecule has 1 amide bonds. The lowest BCUT2D eigenvalue weighted by Gasteiger charge is -2.12. The molecule has 1 atom stereocenters. The van der Waals surface area contributed by atoms with Crippen LogP contribution in [0.5, 0.6) is 0 Å². The highest BCUT2D eigenvalue weighted by atomic mass is 127. The van der Waals surface area contributed by atoms with Crippen LogP contribution in [0, 0.1) is 10.5 Å². The number of rotatable bonds is 5. The van der Waals surface area contributed by atoms with Crippen molar-refractivity contribution in [1.82, 2.24) is 0 Å². The number of hydrogen-bond acceptors (Lipinski definition) is 2. The lowest BCUT2D eigenvalue weighted by atomic mass is 10.1. The lowest BCUT2D eigenvalue weighted by molar-refractivity contribution is -0.117. The van der Waals surface area contributed by atoms with Gasteiger partial charge in [-0.2, -0.15) is 0 Å². The second kappa shape index (κ2) is 6.96. The molecule has 94 valence electrons. The zero-order chi connectivity index (χ0) is 12.8. The van der Waals surface area contributed by atoms with Gasteiger partial charge in [0.15, 0.2) is 0 Å². The standard InChI is InChI=1S/C13H19IN2O/c1-3-4-5-12(15)13(17)16-10-7-6-9(2)11(14)8-10/h6-8,12H,3-5,15H2,1-2H3,(H,16,17)/t12-/m0/s1. The molecule has 1 aromatic carbocycles. The van der Waals surface area contributed by atoms with E-state index in [1.54, 1.807) is 0 Å². The highest BCUT2D eigenvalue weighted by Crippen LogP contribution is 2.17. The second-order valence-corrected chi connectivity index (χ2v) is 5.36. The number of carbonyl (C=O) groups is 1. The summed E-state index contributed by atoms with van der Waals surface area (Å²) in [5.41, 5.74) is 7.83. The summed E-state index contributed by atoms with van der Waals surface area (Å²) in [6.07, 6.45) is 2.79. The van der Waals surface area contributed by atoms with Crippen LogP contribution in [0.25, 0.3) is 0 Å². The fourth-order valence-electron chi connectivity index (χ4n) is 1.46. The van der Waals surface area contributed by atoms with Crippen LogP contribution in [0.1, 0.15) is 31.7 Å². The van der Waals surface area contributed by atoms with Crippen molar-refractivity contribution < 1.29 is 4.79 Å². The first-order chi connectivity index (χ1) is 8.04. The van der Waals surface area contributed by atoms with Crippen molar-refractivity contribution in [2.24, 2.45) is 5.73 Å². The summed E-state index contributed by atoms with van der Waals surface area (Å²) in [4.78, 5) is 11.8. The van der Waals surface area contributed by atoms with Crippen molar-refractivity contribution in [1.29, 1.82) is 0 Å². The number of nitrogens with one attached hydrogen (secondary N) is 1. The van der Waals surface area contributed by atoms with E-state index in [4.69, 9.17) is 5.73 Å². The molecular weight excluding hydrogens is 327 g/mol. The molecule has 0 spiro atoms. The number of carbonyl (C=O) groups excluding carboxylic acids is 1. The van der Waals surface area contributed by atoms with Gasteiger partial charge in [-0.15, -0.1) is 0 Å². The molecule has 3 N–H and O–H groups in total. The summed E-state index contributed by atoms with van der Waals surface area (Å²) in [6.45, 7) is 4.13. The van der Waals surface area contributed by atoms with Crippen LogP contribution in [0.2, 0.25) is 0 Å². The number of halogens is 1. The van der Waals surface area contributed by atoms with Crippen LogP contribution >= 0.6 is 22.6 Å². The van der Waals surface area contributed by atoms with Crippen LogP contribution in [-0.4, -0.2) is 11.9 Å². The van der Waals surface area contributed by atoms with Crippen molar-refractivity contribution in [3.05, 3.63) is 27.3 Å². The topological polar surface area (TPSA) is 55.1 Å². The normalized spacial score (nSPS) is 12.2. The molecule has 0 saturated heterocycles. The van der Waals surface area contributed by atoms with Crippen LogP contribution in [0.15, 0.2) is 18.2 Å². The highest BCUT2D eigenvalue weighted by molar-refractivity contribution is 14.1. The van der Waals surface area contributed by atoms with Crippen LogP contribution in [-0.2, 0) is 4.79 Å². The molecule has 0 unspecified atom stereocenters. The molecule has 4 heteroatoms. The molecule has 0 aliphatic rings. The van der Waals surface area contributed by atoms with Gasteiger partial charge >= 0.3 is 0 Å². The Hall–Kier alpha value is -0.620. The van der Waals surface area contributed by atoms with Gasteiger partial charge < -0.3 is 11.1 Å². The Balaban J connectivity index is 2.58. The maximum absolute atomic E-state index is 11.8. The minimum atomic E-state index is -0.408.